The quantitative estimate of drug-likeness (QED) is 0.666. The molecular formula is C17H18O2. The zero-order chi connectivity index (χ0) is 13.2. The number of carbonyl (C=O) groups excluding carboxylic acids is 2. The Morgan fingerprint density at radius 2 is 2.00 bits per heavy atom. The average Bonchev–Trinajstić information content (AvgIpc) is 2.42. The Kier molecular flexibility index (Phi) is 2.13. The van der Waals surface area contributed by atoms with Gasteiger partial charge >= 0.3 is 0 Å². The van der Waals surface area contributed by atoms with Gasteiger partial charge in [-0.15, -0.1) is 0 Å². The Labute approximate surface area is 113 Å². The van der Waals surface area contributed by atoms with Gasteiger partial charge in [-0.05, 0) is 61.1 Å². The van der Waals surface area contributed by atoms with Crippen LogP contribution in [0.5, 0.6) is 0 Å². The summed E-state index contributed by atoms with van der Waals surface area (Å²) in [5.74, 6) is -0.0673. The Morgan fingerprint density at radius 3 is 2.84 bits per heavy atom. The van der Waals surface area contributed by atoms with Gasteiger partial charge in [0.25, 0.3) is 0 Å². The van der Waals surface area contributed by atoms with Crippen molar-refractivity contribution in [3.8, 4) is 0 Å². The van der Waals surface area contributed by atoms with Crippen LogP contribution in [0.25, 0.3) is 0 Å². The van der Waals surface area contributed by atoms with Crippen molar-refractivity contribution in [2.75, 3.05) is 0 Å². The maximum atomic E-state index is 12.6. The van der Waals surface area contributed by atoms with Crippen LogP contribution in [0.4, 0.5) is 0 Å². The SMILES string of the molecule is Cc1ccc2c3c1CCC[C@@]31CCC(=O)[C@H](C1)C2=O. The number of carbonyl (C=O) groups is 2. The fourth-order valence-corrected chi connectivity index (χ4v) is 4.64. The van der Waals surface area contributed by atoms with Crippen LogP contribution < -0.4 is 0 Å². The second-order valence-corrected chi connectivity index (χ2v) is 6.50. The van der Waals surface area contributed by atoms with Crippen molar-refractivity contribution < 1.29 is 9.59 Å². The lowest BCUT2D eigenvalue weighted by atomic mass is 9.54. The van der Waals surface area contributed by atoms with Crippen LogP contribution in [0, 0.1) is 12.8 Å². The molecule has 0 amide bonds. The molecule has 2 atom stereocenters. The molecule has 3 aliphatic rings. The summed E-state index contributed by atoms with van der Waals surface area (Å²) in [6, 6.07) is 4.04. The highest BCUT2D eigenvalue weighted by Gasteiger charge is 2.51. The van der Waals surface area contributed by atoms with E-state index in [0.29, 0.717) is 6.42 Å². The summed E-state index contributed by atoms with van der Waals surface area (Å²) in [7, 11) is 0. The van der Waals surface area contributed by atoms with Gasteiger partial charge in [0.15, 0.2) is 5.78 Å². The Morgan fingerprint density at radius 1 is 1.16 bits per heavy atom. The van der Waals surface area contributed by atoms with E-state index >= 15 is 0 Å². The average molecular weight is 254 g/mol. The molecule has 2 bridgehead atoms. The zero-order valence-electron chi connectivity index (χ0n) is 11.3. The molecule has 2 nitrogen and oxygen atoms in total. The van der Waals surface area contributed by atoms with Gasteiger partial charge in [0.05, 0.1) is 5.92 Å². The van der Waals surface area contributed by atoms with Gasteiger partial charge in [0, 0.05) is 12.0 Å². The smallest absolute Gasteiger partial charge is 0.173 e. The highest BCUT2D eigenvalue weighted by molar-refractivity contribution is 6.13. The first-order valence-electron chi connectivity index (χ1n) is 7.32. The lowest BCUT2D eigenvalue weighted by Gasteiger charge is -2.48. The van der Waals surface area contributed by atoms with Crippen molar-refractivity contribution in [1.29, 1.82) is 0 Å². The maximum absolute atomic E-state index is 12.6. The van der Waals surface area contributed by atoms with Crippen molar-refractivity contribution >= 4 is 11.6 Å². The summed E-state index contributed by atoms with van der Waals surface area (Å²) < 4.78 is 0. The fraction of sp³-hybridized carbons (Fsp3) is 0.529. The van der Waals surface area contributed by atoms with Crippen LogP contribution in [-0.4, -0.2) is 11.6 Å². The van der Waals surface area contributed by atoms with Crippen molar-refractivity contribution in [2.24, 2.45) is 5.92 Å². The van der Waals surface area contributed by atoms with Crippen LogP contribution in [0.3, 0.4) is 0 Å². The molecule has 1 aromatic rings. The van der Waals surface area contributed by atoms with Gasteiger partial charge in [-0.3, -0.25) is 9.59 Å². The topological polar surface area (TPSA) is 34.1 Å². The number of aryl methyl sites for hydroxylation is 1. The maximum Gasteiger partial charge on any atom is 0.173 e. The molecule has 0 unspecified atom stereocenters. The molecule has 19 heavy (non-hydrogen) atoms. The number of ketones is 2. The van der Waals surface area contributed by atoms with Crippen molar-refractivity contribution in [3.63, 3.8) is 0 Å². The number of rotatable bonds is 0. The van der Waals surface area contributed by atoms with Gasteiger partial charge in [-0.1, -0.05) is 12.1 Å². The third-order valence-corrected chi connectivity index (χ3v) is 5.57. The standard InChI is InChI=1S/C17H18O2/c1-10-4-5-12-15-11(10)3-2-7-17(15)8-6-14(18)13(9-17)16(12)19/h4-5,13H,2-3,6-9H2,1H3/t13-,17-/m0/s1. The lowest BCUT2D eigenvalue weighted by molar-refractivity contribution is -0.124. The Bertz CT molecular complexity index is 614. The zero-order valence-corrected chi connectivity index (χ0v) is 11.3. The second kappa shape index (κ2) is 3.56. The summed E-state index contributed by atoms with van der Waals surface area (Å²) in [5.41, 5.74) is 5.06. The molecule has 1 spiro atoms. The summed E-state index contributed by atoms with van der Waals surface area (Å²) in [5, 5.41) is 0. The minimum atomic E-state index is -0.338. The molecule has 0 aromatic heterocycles. The van der Waals surface area contributed by atoms with E-state index in [-0.39, 0.29) is 22.9 Å². The van der Waals surface area contributed by atoms with Gasteiger partial charge in [-0.25, -0.2) is 0 Å². The van der Waals surface area contributed by atoms with Crippen LogP contribution in [0.2, 0.25) is 0 Å². The molecule has 0 saturated heterocycles. The summed E-state index contributed by atoms with van der Waals surface area (Å²) in [6.07, 6.45) is 5.80. The van der Waals surface area contributed by atoms with Crippen LogP contribution in [-0.2, 0) is 16.6 Å². The van der Waals surface area contributed by atoms with Gasteiger partial charge in [-0.2, -0.15) is 0 Å². The molecule has 0 aliphatic heterocycles. The van der Waals surface area contributed by atoms with Gasteiger partial charge in [0.1, 0.15) is 5.78 Å². The van der Waals surface area contributed by atoms with E-state index in [0.717, 1.165) is 31.2 Å². The molecule has 98 valence electrons. The van der Waals surface area contributed by atoms with Crippen molar-refractivity contribution in [1.82, 2.24) is 0 Å². The highest BCUT2D eigenvalue weighted by atomic mass is 16.2. The number of hydrogen-bond donors (Lipinski definition) is 0. The Balaban J connectivity index is 2.04. The molecule has 1 fully saturated rings. The second-order valence-electron chi connectivity index (χ2n) is 6.50. The van der Waals surface area contributed by atoms with Crippen molar-refractivity contribution in [3.05, 3.63) is 34.4 Å². The number of fused-ring (bicyclic) bond motifs is 1. The predicted octanol–water partition coefficient (Wildman–Crippen LogP) is 3.13. The largest absolute Gasteiger partial charge is 0.299 e. The van der Waals surface area contributed by atoms with Crippen LogP contribution in [0.1, 0.15) is 59.2 Å². The van der Waals surface area contributed by atoms with E-state index in [9.17, 15) is 9.59 Å². The minimum Gasteiger partial charge on any atom is -0.299 e. The molecule has 0 heterocycles. The molecule has 1 aromatic carbocycles. The first kappa shape index (κ1) is 11.4. The first-order chi connectivity index (χ1) is 9.12. The van der Waals surface area contributed by atoms with Gasteiger partial charge < -0.3 is 0 Å². The molecule has 2 heteroatoms. The third-order valence-electron chi connectivity index (χ3n) is 5.57. The number of benzene rings is 1. The van der Waals surface area contributed by atoms with Gasteiger partial charge in [0.2, 0.25) is 0 Å². The first-order valence-corrected chi connectivity index (χ1v) is 7.32. The molecule has 0 radical (unpaired) electrons. The van der Waals surface area contributed by atoms with E-state index in [1.54, 1.807) is 0 Å². The normalized spacial score (nSPS) is 32.2. The van der Waals surface area contributed by atoms with E-state index < -0.39 is 0 Å². The highest BCUT2D eigenvalue weighted by Crippen LogP contribution is 2.53. The van der Waals surface area contributed by atoms with Crippen LogP contribution in [0.15, 0.2) is 12.1 Å². The summed E-state index contributed by atoms with van der Waals surface area (Å²) in [6.45, 7) is 2.15. The van der Waals surface area contributed by atoms with E-state index in [1.165, 1.54) is 23.1 Å². The van der Waals surface area contributed by atoms with E-state index in [4.69, 9.17) is 0 Å². The summed E-state index contributed by atoms with van der Waals surface area (Å²) in [4.78, 5) is 24.6. The predicted molar refractivity (Wildman–Crippen MR) is 72.5 cm³/mol. The fourth-order valence-electron chi connectivity index (χ4n) is 4.64. The molecule has 4 rings (SSSR count). The number of Topliss-reactive ketones (excluding diaryl/α,β-unsaturated/α-hetero) is 2. The monoisotopic (exact) mass is 254 g/mol. The number of hydrogen-bond acceptors (Lipinski definition) is 2. The third kappa shape index (κ3) is 1.32. The van der Waals surface area contributed by atoms with Crippen LogP contribution >= 0.6 is 0 Å². The molecular weight excluding hydrogens is 236 g/mol. The molecule has 0 N–H and O–H groups in total. The molecule has 3 aliphatic carbocycles. The van der Waals surface area contributed by atoms with E-state index in [2.05, 4.69) is 13.0 Å². The lowest BCUT2D eigenvalue weighted by Crippen LogP contribution is -2.48. The van der Waals surface area contributed by atoms with E-state index in [1.807, 2.05) is 6.07 Å². The summed E-state index contributed by atoms with van der Waals surface area (Å²) >= 11 is 0. The minimum absolute atomic E-state index is 0.0958. The Hall–Kier alpha value is -1.44. The van der Waals surface area contributed by atoms with Crippen molar-refractivity contribution in [2.45, 2.75) is 50.9 Å². The molecule has 1 saturated carbocycles.